The molecule has 7 heavy (non-hydrogen) atoms. The molecule has 0 amide bonds. The van der Waals surface area contributed by atoms with Crippen LogP contribution in [0.2, 0.25) is 0 Å². The Labute approximate surface area is 202 Å². The van der Waals surface area contributed by atoms with E-state index in [1.165, 1.54) is 0 Å². The monoisotopic (exact) mass is 975 g/mol. The van der Waals surface area contributed by atoms with E-state index in [-0.39, 0.29) is 138 Å². The summed E-state index contributed by atoms with van der Waals surface area (Å²) in [5.74, 6) is 0. The third kappa shape index (κ3) is 31.5. The molecule has 0 aliphatic carbocycles. The summed E-state index contributed by atoms with van der Waals surface area (Å²) in [4.78, 5) is 0. The van der Waals surface area contributed by atoms with E-state index in [9.17, 15) is 0 Å². The fraction of sp³-hybridized carbons (Fsp3) is 0. The van der Waals surface area contributed by atoms with Gasteiger partial charge in [-0.3, -0.25) is 0 Å². The Morgan fingerprint density at radius 3 is 0.714 bits per heavy atom. The summed E-state index contributed by atoms with van der Waals surface area (Å²) >= 11 is 10.3. The van der Waals surface area contributed by atoms with E-state index in [0.29, 0.717) is 0 Å². The van der Waals surface area contributed by atoms with Gasteiger partial charge in [-0.1, -0.05) is 0 Å². The maximum absolute atomic E-state index is 2.57. The summed E-state index contributed by atoms with van der Waals surface area (Å²) in [5.41, 5.74) is 0. The van der Waals surface area contributed by atoms with Gasteiger partial charge in [0.2, 0.25) is 0 Å². The van der Waals surface area contributed by atoms with Crippen molar-refractivity contribution >= 4 is 70.7 Å². The average Bonchev–Trinajstić information content (AvgIpc) is 0.722. The molecule has 0 unspecified atom stereocenters. The first-order valence-corrected chi connectivity index (χ1v) is 62.9. The van der Waals surface area contributed by atoms with Crippen LogP contribution in [0.3, 0.4) is 0 Å². The Morgan fingerprint density at radius 2 is 0.714 bits per heavy atom. The van der Waals surface area contributed by atoms with E-state index >= 15 is 0 Å². The summed E-state index contributed by atoms with van der Waals surface area (Å²) in [6.07, 6.45) is 0. The van der Waals surface area contributed by atoms with E-state index in [4.69, 9.17) is 0 Å². The Morgan fingerprint density at radius 1 is 0.714 bits per heavy atom. The molecule has 0 N–H and O–H groups in total. The quantitative estimate of drug-likeness (QED) is 0.187. The van der Waals surface area contributed by atoms with Crippen LogP contribution in [0.15, 0.2) is 0 Å². The standard InChI is InChI=1S/2Cs.Hg.4HI/h;;;4*1H/q2*+1;+2;;;;/p-4. The summed E-state index contributed by atoms with van der Waals surface area (Å²) < 4.78 is -1.51. The Balaban J connectivity index is -0.0000000800. The molecule has 0 radical (unpaired) electrons. The molecule has 0 bridgehead atoms. The first-order valence-electron chi connectivity index (χ1n) is 1.07. The molecule has 0 aliphatic rings. The number of hydrogen-bond acceptors (Lipinski definition) is 0. The number of rotatable bonds is 0. The number of hydrogen-bond donors (Lipinski definition) is 0. The second-order valence-corrected chi connectivity index (χ2v) is 239. The van der Waals surface area contributed by atoms with E-state index in [1.54, 1.807) is 0 Å². The third-order valence-corrected chi connectivity index (χ3v) is 0. The van der Waals surface area contributed by atoms with Crippen LogP contribution in [0, 0.1) is 0 Å². The Bertz CT molecular complexity index is 25.2. The van der Waals surface area contributed by atoms with E-state index in [2.05, 4.69) is 70.7 Å². The summed E-state index contributed by atoms with van der Waals surface area (Å²) in [7, 11) is 0. The van der Waals surface area contributed by atoms with Crippen LogP contribution in [0.1, 0.15) is 0 Å². The van der Waals surface area contributed by atoms with Crippen molar-refractivity contribution in [3.63, 3.8) is 0 Å². The van der Waals surface area contributed by atoms with Gasteiger partial charge in [0.1, 0.15) is 0 Å². The fourth-order valence-electron chi connectivity index (χ4n) is 0. The van der Waals surface area contributed by atoms with Crippen LogP contribution < -0.4 is 138 Å². The topological polar surface area (TPSA) is 0 Å². The molecule has 0 atom stereocenters. The molecule has 0 saturated carbocycles. The van der Waals surface area contributed by atoms with Crippen LogP contribution >= 0.6 is 70.7 Å². The van der Waals surface area contributed by atoms with Crippen LogP contribution in [-0.2, 0) is 4.17 Å². The minimum absolute atomic E-state index is 0. The second kappa shape index (κ2) is 12.0. The molecular weight excluding hydrogens is 974 g/mol. The molecule has 7 heteroatoms. The molecule has 0 nitrogen and oxygen atoms in total. The predicted molar refractivity (Wildman–Crippen MR) is 56.1 cm³/mol. The average molecular weight is 974 g/mol. The van der Waals surface area contributed by atoms with Gasteiger partial charge in [-0.15, -0.1) is 0 Å². The van der Waals surface area contributed by atoms with Gasteiger partial charge in [-0.25, -0.2) is 0 Å². The van der Waals surface area contributed by atoms with Gasteiger partial charge in [0.05, 0.1) is 0 Å². The molecule has 0 aliphatic heterocycles. The van der Waals surface area contributed by atoms with Crippen LogP contribution in [0.4, 0.5) is 0 Å². The fourth-order valence-corrected chi connectivity index (χ4v) is 0. The third-order valence-electron chi connectivity index (χ3n) is 0. The van der Waals surface area contributed by atoms with Gasteiger partial charge < -0.3 is 0 Å². The maximum atomic E-state index is 2.57. The van der Waals surface area contributed by atoms with Gasteiger partial charge in [-0.2, -0.15) is 0 Å². The molecule has 0 aromatic rings. The summed E-state index contributed by atoms with van der Waals surface area (Å²) in [6, 6.07) is 0. The van der Waals surface area contributed by atoms with Crippen molar-refractivity contribution in [2.45, 2.75) is 0 Å². The second-order valence-electron chi connectivity index (χ2n) is 0.606. The van der Waals surface area contributed by atoms with E-state index < -0.39 is 4.17 Å². The van der Waals surface area contributed by atoms with Crippen molar-refractivity contribution in [3.05, 3.63) is 0 Å². The molecule has 0 aromatic heterocycles. The Hall–Kier alpha value is 7.96. The molecule has 0 spiro atoms. The van der Waals surface area contributed by atoms with Gasteiger partial charge in [0.25, 0.3) is 0 Å². The zero-order valence-electron chi connectivity index (χ0n) is 4.22. The van der Waals surface area contributed by atoms with Crippen molar-refractivity contribution in [2.75, 3.05) is 0 Å². The van der Waals surface area contributed by atoms with Gasteiger partial charge in [0.15, 0.2) is 0 Å². The molecule has 0 fully saturated rings. The van der Waals surface area contributed by atoms with Gasteiger partial charge in [-0.05, 0) is 0 Å². The van der Waals surface area contributed by atoms with Crippen molar-refractivity contribution in [1.29, 1.82) is 0 Å². The zero-order chi connectivity index (χ0) is 4.50. The normalized spacial score (nSPS) is 8.57. The molecular formula is Cs2HgI4. The number of halogens is 4. The molecule has 0 saturated heterocycles. The van der Waals surface area contributed by atoms with E-state index in [0.717, 1.165) is 0 Å². The van der Waals surface area contributed by atoms with Gasteiger partial charge >= 0.3 is 213 Å². The first-order chi connectivity index (χ1) is 2.00. The van der Waals surface area contributed by atoms with Crippen LogP contribution in [-0.4, -0.2) is 0 Å². The van der Waals surface area contributed by atoms with Crippen molar-refractivity contribution in [1.82, 2.24) is 0 Å². The first kappa shape index (κ1) is 20.4. The SMILES string of the molecule is [Cs+].[Cs+].[I][Hg-2]([I])([I])[I]. The Kier molecular flexibility index (Phi) is 35.0. The summed E-state index contributed by atoms with van der Waals surface area (Å²) in [5, 5.41) is 0. The predicted octanol–water partition coefficient (Wildman–Crippen LogP) is -2.45. The molecule has 0 rings (SSSR count). The van der Waals surface area contributed by atoms with Crippen molar-refractivity contribution in [3.8, 4) is 0 Å². The van der Waals surface area contributed by atoms with Gasteiger partial charge in [0, 0.05) is 0 Å². The molecule has 0 aromatic carbocycles. The van der Waals surface area contributed by atoms with E-state index in [1.807, 2.05) is 0 Å². The molecule has 0 heterocycles. The van der Waals surface area contributed by atoms with Crippen molar-refractivity contribution in [2.24, 2.45) is 0 Å². The minimum atomic E-state index is -1.51. The zero-order valence-corrected chi connectivity index (χ0v) is 30.9. The van der Waals surface area contributed by atoms with Crippen LogP contribution in [0.5, 0.6) is 0 Å². The van der Waals surface area contributed by atoms with Crippen LogP contribution in [0.25, 0.3) is 0 Å². The molecule has 32 valence electrons. The summed E-state index contributed by atoms with van der Waals surface area (Å²) in [6.45, 7) is 0. The van der Waals surface area contributed by atoms with Crippen molar-refractivity contribution < 1.29 is 142 Å².